The van der Waals surface area contributed by atoms with Gasteiger partial charge in [0.2, 0.25) is 5.91 Å². The number of ether oxygens (including phenoxy) is 1. The van der Waals surface area contributed by atoms with E-state index in [1.165, 1.54) is 6.07 Å². The summed E-state index contributed by atoms with van der Waals surface area (Å²) in [5.41, 5.74) is 7.10. The molecular formula is C22H25F2N3O3. The second kappa shape index (κ2) is 9.56. The van der Waals surface area contributed by atoms with E-state index < -0.39 is 23.7 Å². The fourth-order valence-corrected chi connectivity index (χ4v) is 3.67. The molecule has 1 aliphatic heterocycles. The maximum atomic E-state index is 13.8. The SMILES string of the molecule is Cc1ccccc1C(CC(=O)N1CCC(Oc2ccc(F)cc2F)CC1)NC(N)=O. The lowest BCUT2D eigenvalue weighted by Gasteiger charge is -2.33. The highest BCUT2D eigenvalue weighted by Crippen LogP contribution is 2.25. The number of urea groups is 1. The third-order valence-electron chi connectivity index (χ3n) is 5.24. The number of hydrogen-bond acceptors (Lipinski definition) is 3. The van der Waals surface area contributed by atoms with E-state index in [1.54, 1.807) is 4.90 Å². The van der Waals surface area contributed by atoms with E-state index in [4.69, 9.17) is 10.5 Å². The first-order valence-electron chi connectivity index (χ1n) is 9.84. The average Bonchev–Trinajstić information content (AvgIpc) is 2.70. The number of amides is 3. The van der Waals surface area contributed by atoms with Crippen molar-refractivity contribution < 1.29 is 23.1 Å². The van der Waals surface area contributed by atoms with Gasteiger partial charge in [-0.25, -0.2) is 13.6 Å². The Morgan fingerprint density at radius 3 is 2.53 bits per heavy atom. The highest BCUT2D eigenvalue weighted by atomic mass is 19.1. The second-order valence-electron chi connectivity index (χ2n) is 7.39. The Balaban J connectivity index is 1.58. The number of benzene rings is 2. The molecule has 1 heterocycles. The molecule has 6 nitrogen and oxygen atoms in total. The Morgan fingerprint density at radius 2 is 1.90 bits per heavy atom. The molecule has 0 aliphatic carbocycles. The van der Waals surface area contributed by atoms with Crippen molar-refractivity contribution in [1.82, 2.24) is 10.2 Å². The zero-order valence-corrected chi connectivity index (χ0v) is 16.7. The van der Waals surface area contributed by atoms with Gasteiger partial charge in [-0.3, -0.25) is 4.79 Å². The normalized spacial score (nSPS) is 15.5. The maximum Gasteiger partial charge on any atom is 0.312 e. The number of halogens is 2. The number of aryl methyl sites for hydroxylation is 1. The molecule has 8 heteroatoms. The lowest BCUT2D eigenvalue weighted by atomic mass is 9.97. The molecule has 0 radical (unpaired) electrons. The van der Waals surface area contributed by atoms with Gasteiger partial charge in [0.15, 0.2) is 11.6 Å². The molecule has 2 aromatic carbocycles. The number of likely N-dealkylation sites (tertiary alicyclic amines) is 1. The Hall–Kier alpha value is -3.16. The van der Waals surface area contributed by atoms with Crippen molar-refractivity contribution in [2.75, 3.05) is 13.1 Å². The number of primary amides is 1. The van der Waals surface area contributed by atoms with Crippen LogP contribution in [-0.4, -0.2) is 36.0 Å². The van der Waals surface area contributed by atoms with Gasteiger partial charge in [-0.2, -0.15) is 0 Å². The topological polar surface area (TPSA) is 84.7 Å². The number of piperidine rings is 1. The third-order valence-corrected chi connectivity index (χ3v) is 5.24. The molecule has 3 N–H and O–H groups in total. The summed E-state index contributed by atoms with van der Waals surface area (Å²) < 4.78 is 32.4. The summed E-state index contributed by atoms with van der Waals surface area (Å²) in [5.74, 6) is -1.50. The van der Waals surface area contributed by atoms with Gasteiger partial charge in [-0.05, 0) is 30.2 Å². The largest absolute Gasteiger partial charge is 0.487 e. The van der Waals surface area contributed by atoms with Crippen molar-refractivity contribution in [2.24, 2.45) is 5.73 Å². The van der Waals surface area contributed by atoms with Gasteiger partial charge < -0.3 is 20.7 Å². The number of nitrogens with two attached hydrogens (primary N) is 1. The molecule has 1 aliphatic rings. The highest BCUT2D eigenvalue weighted by molar-refractivity contribution is 5.79. The lowest BCUT2D eigenvalue weighted by Crippen LogP contribution is -2.44. The maximum absolute atomic E-state index is 13.8. The Labute approximate surface area is 174 Å². The van der Waals surface area contributed by atoms with Crippen LogP contribution in [0.3, 0.4) is 0 Å². The van der Waals surface area contributed by atoms with Crippen molar-refractivity contribution in [3.05, 3.63) is 65.2 Å². The predicted octanol–water partition coefficient (Wildman–Crippen LogP) is 3.44. The summed E-state index contributed by atoms with van der Waals surface area (Å²) >= 11 is 0. The average molecular weight is 417 g/mol. The number of rotatable bonds is 6. The van der Waals surface area contributed by atoms with Gasteiger partial charge in [0.25, 0.3) is 0 Å². The van der Waals surface area contributed by atoms with Gasteiger partial charge in [0.1, 0.15) is 11.9 Å². The zero-order valence-electron chi connectivity index (χ0n) is 16.7. The number of hydrogen-bond donors (Lipinski definition) is 2. The second-order valence-corrected chi connectivity index (χ2v) is 7.39. The van der Waals surface area contributed by atoms with Crippen LogP contribution in [0.15, 0.2) is 42.5 Å². The molecule has 1 atom stereocenters. The van der Waals surface area contributed by atoms with Crippen molar-refractivity contribution in [3.63, 3.8) is 0 Å². The summed E-state index contributed by atoms with van der Waals surface area (Å²) in [6.45, 7) is 2.81. The standard InChI is InChI=1S/C22H25F2N3O3/c1-14-4-2-3-5-17(14)19(26-22(25)29)13-21(28)27-10-8-16(9-11-27)30-20-7-6-15(23)12-18(20)24/h2-7,12,16,19H,8-11,13H2,1H3,(H3,25,26,29). The van der Waals surface area contributed by atoms with Crippen LogP contribution in [0.1, 0.15) is 36.4 Å². The number of nitrogens with one attached hydrogen (secondary N) is 1. The fourth-order valence-electron chi connectivity index (χ4n) is 3.67. The molecule has 3 rings (SSSR count). The van der Waals surface area contributed by atoms with Gasteiger partial charge in [0.05, 0.1) is 12.5 Å². The quantitative estimate of drug-likeness (QED) is 0.755. The van der Waals surface area contributed by atoms with E-state index in [2.05, 4.69) is 5.32 Å². The van der Waals surface area contributed by atoms with Gasteiger partial charge in [-0.1, -0.05) is 24.3 Å². The predicted molar refractivity (Wildman–Crippen MR) is 108 cm³/mol. The zero-order chi connectivity index (χ0) is 21.7. The molecule has 1 unspecified atom stereocenters. The minimum absolute atomic E-state index is 0.00597. The summed E-state index contributed by atoms with van der Waals surface area (Å²) in [7, 11) is 0. The molecule has 160 valence electrons. The van der Waals surface area contributed by atoms with Crippen LogP contribution in [0.4, 0.5) is 13.6 Å². The van der Waals surface area contributed by atoms with Gasteiger partial charge >= 0.3 is 6.03 Å². The molecule has 1 saturated heterocycles. The van der Waals surface area contributed by atoms with Crippen LogP contribution in [0.25, 0.3) is 0 Å². The van der Waals surface area contributed by atoms with Crippen LogP contribution in [-0.2, 0) is 4.79 Å². The van der Waals surface area contributed by atoms with Crippen LogP contribution in [0.5, 0.6) is 5.75 Å². The molecule has 0 saturated carbocycles. The van der Waals surface area contributed by atoms with Crippen molar-refractivity contribution in [1.29, 1.82) is 0 Å². The monoisotopic (exact) mass is 417 g/mol. The third kappa shape index (κ3) is 5.46. The molecule has 0 aromatic heterocycles. The van der Waals surface area contributed by atoms with Gasteiger partial charge in [0, 0.05) is 32.0 Å². The molecule has 3 amide bonds. The molecule has 0 bridgehead atoms. The van der Waals surface area contributed by atoms with Crippen molar-refractivity contribution in [3.8, 4) is 5.75 Å². The lowest BCUT2D eigenvalue weighted by molar-refractivity contribution is -0.133. The molecule has 30 heavy (non-hydrogen) atoms. The molecular weight excluding hydrogens is 392 g/mol. The summed E-state index contributed by atoms with van der Waals surface area (Å²) in [6.07, 6.45) is 0.887. The number of carbonyl (C=O) groups is 2. The van der Waals surface area contributed by atoms with Crippen LogP contribution < -0.4 is 15.8 Å². The van der Waals surface area contributed by atoms with Crippen molar-refractivity contribution >= 4 is 11.9 Å². The van der Waals surface area contributed by atoms with Crippen LogP contribution in [0, 0.1) is 18.6 Å². The van der Waals surface area contributed by atoms with E-state index in [0.717, 1.165) is 23.3 Å². The first-order chi connectivity index (χ1) is 14.3. The smallest absolute Gasteiger partial charge is 0.312 e. The van der Waals surface area contributed by atoms with E-state index in [-0.39, 0.29) is 24.2 Å². The number of carbonyl (C=O) groups excluding carboxylic acids is 2. The minimum Gasteiger partial charge on any atom is -0.487 e. The van der Waals surface area contributed by atoms with E-state index in [0.29, 0.717) is 25.9 Å². The van der Waals surface area contributed by atoms with E-state index in [1.807, 2.05) is 31.2 Å². The molecule has 2 aromatic rings. The van der Waals surface area contributed by atoms with E-state index >= 15 is 0 Å². The molecule has 1 fully saturated rings. The fraction of sp³-hybridized carbons (Fsp3) is 0.364. The summed E-state index contributed by atoms with van der Waals surface area (Å²) in [6, 6.07) is 9.50. The summed E-state index contributed by atoms with van der Waals surface area (Å²) in [4.78, 5) is 26.0. The Kier molecular flexibility index (Phi) is 6.87. The number of nitrogens with zero attached hydrogens (tertiary/aromatic N) is 1. The Morgan fingerprint density at radius 1 is 1.20 bits per heavy atom. The highest BCUT2D eigenvalue weighted by Gasteiger charge is 2.27. The van der Waals surface area contributed by atoms with Gasteiger partial charge in [-0.15, -0.1) is 0 Å². The first kappa shape index (κ1) is 21.5. The van der Waals surface area contributed by atoms with Crippen LogP contribution >= 0.6 is 0 Å². The minimum atomic E-state index is -0.743. The Bertz CT molecular complexity index is 914. The van der Waals surface area contributed by atoms with Crippen molar-refractivity contribution in [2.45, 2.75) is 38.3 Å². The van der Waals surface area contributed by atoms with Crippen LogP contribution in [0.2, 0.25) is 0 Å². The van der Waals surface area contributed by atoms with E-state index in [9.17, 15) is 18.4 Å². The summed E-state index contributed by atoms with van der Waals surface area (Å²) in [5, 5.41) is 2.65. The first-order valence-corrected chi connectivity index (χ1v) is 9.84. The molecule has 0 spiro atoms.